The molecule has 0 spiro atoms. The van der Waals surface area contributed by atoms with E-state index in [1.165, 1.54) is 0 Å². The summed E-state index contributed by atoms with van der Waals surface area (Å²) in [5, 5.41) is 3.64. The van der Waals surface area contributed by atoms with E-state index in [1.807, 2.05) is 36.1 Å². The summed E-state index contributed by atoms with van der Waals surface area (Å²) in [6.07, 6.45) is 1.61. The highest BCUT2D eigenvalue weighted by molar-refractivity contribution is 6.00. The summed E-state index contributed by atoms with van der Waals surface area (Å²) in [4.78, 5) is 13.4. The van der Waals surface area contributed by atoms with Crippen molar-refractivity contribution in [3.05, 3.63) is 29.8 Å². The van der Waals surface area contributed by atoms with Gasteiger partial charge in [-0.05, 0) is 31.0 Å². The SMILES string of the molecule is C/C(=N/N)c1ccc(N2CCCC2=O)cc1. The Morgan fingerprint density at radius 1 is 1.38 bits per heavy atom. The van der Waals surface area contributed by atoms with Gasteiger partial charge in [0.15, 0.2) is 0 Å². The molecule has 1 aromatic rings. The third kappa shape index (κ3) is 1.91. The van der Waals surface area contributed by atoms with Gasteiger partial charge >= 0.3 is 0 Å². The first-order valence-corrected chi connectivity index (χ1v) is 5.37. The smallest absolute Gasteiger partial charge is 0.227 e. The number of carbonyl (C=O) groups is 1. The van der Waals surface area contributed by atoms with Crippen LogP contribution in [0.4, 0.5) is 5.69 Å². The van der Waals surface area contributed by atoms with Crippen LogP contribution in [0.3, 0.4) is 0 Å². The van der Waals surface area contributed by atoms with Crippen LogP contribution in [-0.2, 0) is 4.79 Å². The first-order valence-electron chi connectivity index (χ1n) is 5.37. The van der Waals surface area contributed by atoms with Crippen molar-refractivity contribution in [3.8, 4) is 0 Å². The number of nitrogens with zero attached hydrogens (tertiary/aromatic N) is 2. The third-order valence-electron chi connectivity index (χ3n) is 2.86. The molecule has 4 nitrogen and oxygen atoms in total. The molecule has 1 amide bonds. The molecule has 1 saturated heterocycles. The van der Waals surface area contributed by atoms with Crippen molar-refractivity contribution < 1.29 is 4.79 Å². The van der Waals surface area contributed by atoms with Crippen LogP contribution >= 0.6 is 0 Å². The number of amides is 1. The second kappa shape index (κ2) is 4.35. The van der Waals surface area contributed by atoms with Gasteiger partial charge in [-0.1, -0.05) is 12.1 Å². The second-order valence-electron chi connectivity index (χ2n) is 3.91. The van der Waals surface area contributed by atoms with Crippen molar-refractivity contribution in [2.24, 2.45) is 10.9 Å². The number of rotatable bonds is 2. The van der Waals surface area contributed by atoms with Gasteiger partial charge in [-0.2, -0.15) is 5.10 Å². The molecule has 1 aliphatic rings. The molecule has 1 fully saturated rings. The Labute approximate surface area is 94.7 Å². The molecule has 0 aliphatic carbocycles. The average Bonchev–Trinajstić information content (AvgIpc) is 2.75. The molecule has 1 aliphatic heterocycles. The maximum absolute atomic E-state index is 11.5. The molecule has 16 heavy (non-hydrogen) atoms. The number of hydrazone groups is 1. The summed E-state index contributed by atoms with van der Waals surface area (Å²) in [6.45, 7) is 2.68. The summed E-state index contributed by atoms with van der Waals surface area (Å²) in [5.41, 5.74) is 2.73. The molecule has 0 atom stereocenters. The normalized spacial score (nSPS) is 16.9. The molecule has 0 aromatic heterocycles. The van der Waals surface area contributed by atoms with E-state index in [0.717, 1.165) is 29.9 Å². The van der Waals surface area contributed by atoms with Crippen LogP contribution in [0, 0.1) is 0 Å². The fourth-order valence-electron chi connectivity index (χ4n) is 1.88. The number of hydrogen-bond acceptors (Lipinski definition) is 3. The average molecular weight is 217 g/mol. The van der Waals surface area contributed by atoms with Crippen LogP contribution in [0.5, 0.6) is 0 Å². The number of nitrogens with two attached hydrogens (primary N) is 1. The van der Waals surface area contributed by atoms with Crippen molar-refractivity contribution in [1.82, 2.24) is 0 Å². The van der Waals surface area contributed by atoms with E-state index < -0.39 is 0 Å². The molecule has 0 unspecified atom stereocenters. The van der Waals surface area contributed by atoms with Crippen LogP contribution in [0.2, 0.25) is 0 Å². The van der Waals surface area contributed by atoms with E-state index in [1.54, 1.807) is 0 Å². The molecule has 0 saturated carbocycles. The van der Waals surface area contributed by atoms with Crippen LogP contribution in [0.1, 0.15) is 25.3 Å². The van der Waals surface area contributed by atoms with Gasteiger partial charge in [-0.25, -0.2) is 0 Å². The molecular weight excluding hydrogens is 202 g/mol. The largest absolute Gasteiger partial charge is 0.323 e. The predicted octanol–water partition coefficient (Wildman–Crippen LogP) is 1.50. The van der Waals surface area contributed by atoms with Crippen LogP contribution in [-0.4, -0.2) is 18.2 Å². The molecule has 0 radical (unpaired) electrons. The van der Waals surface area contributed by atoms with Gasteiger partial charge in [0.1, 0.15) is 0 Å². The van der Waals surface area contributed by atoms with Gasteiger partial charge in [0, 0.05) is 18.7 Å². The van der Waals surface area contributed by atoms with Gasteiger partial charge in [0.25, 0.3) is 0 Å². The molecule has 0 bridgehead atoms. The Morgan fingerprint density at radius 3 is 2.56 bits per heavy atom. The van der Waals surface area contributed by atoms with Crippen molar-refractivity contribution >= 4 is 17.3 Å². The van der Waals surface area contributed by atoms with E-state index in [0.29, 0.717) is 6.42 Å². The Hall–Kier alpha value is -1.84. The third-order valence-corrected chi connectivity index (χ3v) is 2.86. The molecule has 1 aromatic carbocycles. The highest BCUT2D eigenvalue weighted by Crippen LogP contribution is 2.21. The summed E-state index contributed by atoms with van der Waals surface area (Å²) in [7, 11) is 0. The molecule has 2 N–H and O–H groups in total. The lowest BCUT2D eigenvalue weighted by Gasteiger charge is -2.15. The van der Waals surface area contributed by atoms with E-state index in [-0.39, 0.29) is 5.91 Å². The predicted molar refractivity (Wildman–Crippen MR) is 64.4 cm³/mol. The minimum absolute atomic E-state index is 0.206. The zero-order chi connectivity index (χ0) is 11.5. The van der Waals surface area contributed by atoms with Crippen molar-refractivity contribution in [2.45, 2.75) is 19.8 Å². The van der Waals surface area contributed by atoms with Crippen LogP contribution in [0.25, 0.3) is 0 Å². The summed E-state index contributed by atoms with van der Waals surface area (Å²) < 4.78 is 0. The number of carbonyl (C=O) groups excluding carboxylic acids is 1. The maximum atomic E-state index is 11.5. The van der Waals surface area contributed by atoms with E-state index in [2.05, 4.69) is 5.10 Å². The first-order chi connectivity index (χ1) is 7.72. The molecule has 1 heterocycles. The van der Waals surface area contributed by atoms with Crippen molar-refractivity contribution in [1.29, 1.82) is 0 Å². The van der Waals surface area contributed by atoms with Crippen LogP contribution in [0.15, 0.2) is 29.4 Å². The maximum Gasteiger partial charge on any atom is 0.227 e. The Bertz CT molecular complexity index is 422. The van der Waals surface area contributed by atoms with Gasteiger partial charge in [0.05, 0.1) is 5.71 Å². The summed E-state index contributed by atoms with van der Waals surface area (Å²) >= 11 is 0. The van der Waals surface area contributed by atoms with Crippen molar-refractivity contribution in [2.75, 3.05) is 11.4 Å². The fraction of sp³-hybridized carbons (Fsp3) is 0.333. The Kier molecular flexibility index (Phi) is 2.90. The zero-order valence-corrected chi connectivity index (χ0v) is 9.31. The van der Waals surface area contributed by atoms with Gasteiger partial charge < -0.3 is 10.7 Å². The minimum atomic E-state index is 0.206. The summed E-state index contributed by atoms with van der Waals surface area (Å²) in [6, 6.07) is 7.75. The second-order valence-corrected chi connectivity index (χ2v) is 3.91. The van der Waals surface area contributed by atoms with E-state index in [4.69, 9.17) is 5.84 Å². The van der Waals surface area contributed by atoms with Gasteiger partial charge in [0.2, 0.25) is 5.91 Å². The van der Waals surface area contributed by atoms with Gasteiger partial charge in [-0.3, -0.25) is 4.79 Å². The highest BCUT2D eigenvalue weighted by Gasteiger charge is 2.21. The topological polar surface area (TPSA) is 58.7 Å². The van der Waals surface area contributed by atoms with E-state index in [9.17, 15) is 4.79 Å². The van der Waals surface area contributed by atoms with E-state index >= 15 is 0 Å². The highest BCUT2D eigenvalue weighted by atomic mass is 16.2. The standard InChI is InChI=1S/C12H15N3O/c1-9(14-13)10-4-6-11(7-5-10)15-8-2-3-12(15)16/h4-7H,2-3,8,13H2,1H3/b14-9-. The first kappa shape index (κ1) is 10.7. The molecule has 4 heteroatoms. The zero-order valence-electron chi connectivity index (χ0n) is 9.31. The lowest BCUT2D eigenvalue weighted by molar-refractivity contribution is -0.117. The number of benzene rings is 1. The molecular formula is C12H15N3O. The fourth-order valence-corrected chi connectivity index (χ4v) is 1.88. The van der Waals surface area contributed by atoms with Gasteiger partial charge in [-0.15, -0.1) is 0 Å². The minimum Gasteiger partial charge on any atom is -0.323 e. The Balaban J connectivity index is 2.22. The van der Waals surface area contributed by atoms with Crippen molar-refractivity contribution in [3.63, 3.8) is 0 Å². The monoisotopic (exact) mass is 217 g/mol. The Morgan fingerprint density at radius 2 is 2.06 bits per heavy atom. The lowest BCUT2D eigenvalue weighted by atomic mass is 10.1. The number of anilines is 1. The van der Waals surface area contributed by atoms with Crippen LogP contribution < -0.4 is 10.7 Å². The summed E-state index contributed by atoms with van der Waals surface area (Å²) in [5.74, 6) is 5.42. The quantitative estimate of drug-likeness (QED) is 0.463. The molecule has 2 rings (SSSR count). The number of hydrogen-bond donors (Lipinski definition) is 1. The lowest BCUT2D eigenvalue weighted by Crippen LogP contribution is -2.23. The molecule has 84 valence electrons.